The van der Waals surface area contributed by atoms with Crippen LogP contribution in [0, 0.1) is 0 Å². The van der Waals surface area contributed by atoms with Gasteiger partial charge in [-0.2, -0.15) is 12.6 Å². The van der Waals surface area contributed by atoms with Crippen LogP contribution >= 0.6 is 24.2 Å². The number of aromatic amines is 1. The molecule has 9 heteroatoms. The average molecular weight is 449 g/mol. The molecule has 1 N–H and O–H groups in total. The Hall–Kier alpha value is -2.58. The van der Waals surface area contributed by atoms with Crippen LogP contribution in [0.25, 0.3) is 0 Å². The van der Waals surface area contributed by atoms with Crippen molar-refractivity contribution in [2.45, 2.75) is 38.5 Å². The molecule has 0 saturated heterocycles. The zero-order valence-corrected chi connectivity index (χ0v) is 18.6. The summed E-state index contributed by atoms with van der Waals surface area (Å²) in [5, 5.41) is 4.36. The topological polar surface area (TPSA) is 88.8 Å². The minimum atomic E-state index is -0.454. The van der Waals surface area contributed by atoms with Gasteiger partial charge in [0.25, 0.3) is 5.56 Å². The number of nitrogens with one attached hydrogen (secondary N) is 1. The van der Waals surface area contributed by atoms with Crippen molar-refractivity contribution in [2.24, 2.45) is 10.1 Å². The third-order valence-corrected chi connectivity index (χ3v) is 5.17. The third-order valence-electron chi connectivity index (χ3n) is 4.44. The lowest BCUT2D eigenvalue weighted by Crippen LogP contribution is -2.39. The molecule has 0 saturated carbocycles. The fraction of sp³-hybridized carbons (Fsp3) is 0.333. The van der Waals surface area contributed by atoms with E-state index in [1.54, 1.807) is 24.3 Å². The smallest absolute Gasteiger partial charge is 0.328 e. The highest BCUT2D eigenvalue weighted by Crippen LogP contribution is 2.22. The number of thiol groups is 1. The summed E-state index contributed by atoms with van der Waals surface area (Å²) in [7, 11) is 0. The summed E-state index contributed by atoms with van der Waals surface area (Å²) < 4.78 is 1.12. The van der Waals surface area contributed by atoms with Crippen LogP contribution in [-0.4, -0.2) is 28.7 Å². The highest BCUT2D eigenvalue weighted by Gasteiger charge is 2.11. The highest BCUT2D eigenvalue weighted by atomic mass is 35.5. The minimum Gasteiger partial charge on any atom is -0.392 e. The van der Waals surface area contributed by atoms with Gasteiger partial charge in [-0.1, -0.05) is 48.8 Å². The molecular weight excluding hydrogens is 424 g/mol. The van der Waals surface area contributed by atoms with E-state index < -0.39 is 5.69 Å². The normalized spacial score (nSPS) is 12.9. The molecule has 0 aliphatic carbocycles. The van der Waals surface area contributed by atoms with Gasteiger partial charge in [-0.05, 0) is 43.3 Å². The number of halogens is 1. The zero-order chi connectivity index (χ0) is 22.1. The van der Waals surface area contributed by atoms with Crippen LogP contribution in [0.2, 0.25) is 5.02 Å². The van der Waals surface area contributed by atoms with Gasteiger partial charge in [0.05, 0.1) is 6.54 Å². The molecule has 160 valence electrons. The van der Waals surface area contributed by atoms with Crippen LogP contribution in [0.4, 0.5) is 0 Å². The summed E-state index contributed by atoms with van der Waals surface area (Å²) in [5.41, 5.74) is 1.49. The molecule has 30 heavy (non-hydrogen) atoms. The predicted octanol–water partition coefficient (Wildman–Crippen LogP) is 3.57. The predicted molar refractivity (Wildman–Crippen MR) is 125 cm³/mol. The number of rotatable bonds is 9. The van der Waals surface area contributed by atoms with Crippen LogP contribution in [0.15, 0.2) is 56.2 Å². The van der Waals surface area contributed by atoms with Gasteiger partial charge in [0.2, 0.25) is 0 Å². The maximum atomic E-state index is 12.5. The van der Waals surface area contributed by atoms with E-state index in [9.17, 15) is 9.59 Å². The number of aryl methyl sites for hydroxylation is 1. The van der Waals surface area contributed by atoms with Crippen molar-refractivity contribution in [2.75, 3.05) is 6.61 Å². The Morgan fingerprint density at radius 1 is 1.30 bits per heavy atom. The van der Waals surface area contributed by atoms with Crippen LogP contribution in [-0.2, 0) is 24.2 Å². The van der Waals surface area contributed by atoms with Gasteiger partial charge in [0.1, 0.15) is 6.61 Å². The maximum Gasteiger partial charge on any atom is 0.328 e. The first-order valence-electron chi connectivity index (χ1n) is 9.54. The van der Waals surface area contributed by atoms with E-state index >= 15 is 0 Å². The molecule has 2 aromatic rings. The van der Waals surface area contributed by atoms with Crippen LogP contribution < -0.4 is 11.2 Å². The van der Waals surface area contributed by atoms with Crippen molar-refractivity contribution in [3.8, 4) is 0 Å². The van der Waals surface area contributed by atoms with Gasteiger partial charge in [-0.3, -0.25) is 9.36 Å². The summed E-state index contributed by atoms with van der Waals surface area (Å²) in [5.74, 6) is 0.250. The first kappa shape index (κ1) is 23.7. The molecule has 0 bridgehead atoms. The number of benzene rings is 1. The Labute approximate surface area is 185 Å². The van der Waals surface area contributed by atoms with Gasteiger partial charge in [-0.15, -0.1) is 0 Å². The first-order valence-corrected chi connectivity index (χ1v) is 10.4. The number of oxime groups is 1. The molecular formula is C21H25ClN4O3S. The van der Waals surface area contributed by atoms with Crippen LogP contribution in [0.1, 0.15) is 35.9 Å². The lowest BCUT2D eigenvalue weighted by molar-refractivity contribution is 0.134. The number of aliphatic imine (C=N–C) groups is 1. The summed E-state index contributed by atoms with van der Waals surface area (Å²) in [6, 6.07) is 7.34. The van der Waals surface area contributed by atoms with E-state index in [1.165, 1.54) is 0 Å². The average Bonchev–Trinajstić information content (AvgIpc) is 2.74. The molecule has 7 nitrogen and oxygen atoms in total. The molecule has 1 atom stereocenters. The summed E-state index contributed by atoms with van der Waals surface area (Å²) in [6.07, 6.45) is 4.56. The molecule has 0 amide bonds. The summed E-state index contributed by atoms with van der Waals surface area (Å²) >= 11 is 10.4. The van der Waals surface area contributed by atoms with E-state index in [-0.39, 0.29) is 29.8 Å². The van der Waals surface area contributed by atoms with Gasteiger partial charge >= 0.3 is 5.69 Å². The molecule has 1 heterocycles. The Kier molecular flexibility index (Phi) is 9.14. The monoisotopic (exact) mass is 448 g/mol. The lowest BCUT2D eigenvalue weighted by atomic mass is 10.1. The molecule has 0 radical (unpaired) electrons. The SMILES string of the molecule is C=NC(/C=C/C(S)c1ccc(Cl)cc1)=N\OCCn1c(=O)[nH]c(CC)c(CC)c1=O. The van der Waals surface area contributed by atoms with Gasteiger partial charge in [0.15, 0.2) is 5.84 Å². The zero-order valence-electron chi connectivity index (χ0n) is 17.0. The molecule has 2 rings (SSSR count). The molecule has 0 fully saturated rings. The van der Waals surface area contributed by atoms with Crippen molar-refractivity contribution in [1.82, 2.24) is 9.55 Å². The lowest BCUT2D eigenvalue weighted by Gasteiger charge is -2.09. The second kappa shape index (κ2) is 11.6. The summed E-state index contributed by atoms with van der Waals surface area (Å²) in [6.45, 7) is 7.35. The second-order valence-corrected chi connectivity index (χ2v) is 7.34. The van der Waals surface area contributed by atoms with Crippen LogP contribution in [0.3, 0.4) is 0 Å². The number of amidine groups is 1. The van der Waals surface area contributed by atoms with E-state index in [2.05, 4.69) is 34.5 Å². The van der Waals surface area contributed by atoms with E-state index in [1.807, 2.05) is 26.0 Å². The van der Waals surface area contributed by atoms with Crippen molar-refractivity contribution < 1.29 is 4.84 Å². The Morgan fingerprint density at radius 2 is 2.00 bits per heavy atom. The molecule has 1 aromatic heterocycles. The fourth-order valence-corrected chi connectivity index (χ4v) is 3.21. The standard InChI is InChI=1S/C21H25ClN4O3S/c1-4-16-17(5-2)24-21(28)26(20(16)27)12-13-29-25-19(23-3)11-10-18(30)14-6-8-15(22)9-7-14/h6-11,18,30H,3-5,12-13H2,1-2H3,(H,24,28)/b11-10+,25-19-. The van der Waals surface area contributed by atoms with Gasteiger partial charge in [0, 0.05) is 21.5 Å². The number of aromatic nitrogens is 2. The van der Waals surface area contributed by atoms with Crippen molar-refractivity contribution in [1.29, 1.82) is 0 Å². The maximum absolute atomic E-state index is 12.5. The van der Waals surface area contributed by atoms with Crippen molar-refractivity contribution in [3.05, 3.63) is 79.1 Å². The fourth-order valence-electron chi connectivity index (χ4n) is 2.83. The van der Waals surface area contributed by atoms with Crippen molar-refractivity contribution >= 4 is 36.8 Å². The summed E-state index contributed by atoms with van der Waals surface area (Å²) in [4.78, 5) is 36.5. The number of hydrogen-bond acceptors (Lipinski definition) is 5. The Morgan fingerprint density at radius 3 is 2.60 bits per heavy atom. The second-order valence-electron chi connectivity index (χ2n) is 6.35. The quantitative estimate of drug-likeness (QED) is 0.202. The van der Waals surface area contributed by atoms with Gasteiger partial charge in [-0.25, -0.2) is 9.79 Å². The van der Waals surface area contributed by atoms with E-state index in [4.69, 9.17) is 16.4 Å². The number of hydrogen-bond donors (Lipinski definition) is 2. The number of nitrogens with zero attached hydrogens (tertiary/aromatic N) is 3. The molecule has 0 aliphatic rings. The van der Waals surface area contributed by atoms with Gasteiger partial charge < -0.3 is 9.82 Å². The largest absolute Gasteiger partial charge is 0.392 e. The first-order chi connectivity index (χ1) is 14.4. The molecule has 1 aromatic carbocycles. The third kappa shape index (κ3) is 6.21. The van der Waals surface area contributed by atoms with Crippen LogP contribution in [0.5, 0.6) is 0 Å². The molecule has 1 unspecified atom stereocenters. The molecule has 0 aliphatic heterocycles. The van der Waals surface area contributed by atoms with Crippen molar-refractivity contribution in [3.63, 3.8) is 0 Å². The minimum absolute atomic E-state index is 0.0337. The van der Waals surface area contributed by atoms with E-state index in [0.29, 0.717) is 29.1 Å². The molecule has 0 spiro atoms. The van der Waals surface area contributed by atoms with E-state index in [0.717, 1.165) is 10.1 Å². The number of H-pyrrole nitrogens is 1. The highest BCUT2D eigenvalue weighted by molar-refractivity contribution is 7.80. The Balaban J connectivity index is 2.02. The Bertz CT molecular complexity index is 1040.